The number of hydrogen-bond acceptors (Lipinski definition) is 2. The third-order valence-corrected chi connectivity index (χ3v) is 3.54. The summed E-state index contributed by atoms with van der Waals surface area (Å²) in [6.07, 6.45) is 4.72. The molecule has 2 unspecified atom stereocenters. The van der Waals surface area contributed by atoms with Gasteiger partial charge in [-0.05, 0) is 43.9 Å². The molecule has 1 aliphatic carbocycles. The number of benzene rings is 1. The zero-order valence-corrected chi connectivity index (χ0v) is 10.6. The van der Waals surface area contributed by atoms with Gasteiger partial charge in [-0.15, -0.1) is 0 Å². The van der Waals surface area contributed by atoms with Crippen molar-refractivity contribution in [3.8, 4) is 0 Å². The number of methoxy groups -OCH3 is 1. The minimum absolute atomic E-state index is 0.161. The zero-order valence-electron chi connectivity index (χ0n) is 9.88. The minimum Gasteiger partial charge on any atom is -0.382 e. The van der Waals surface area contributed by atoms with Gasteiger partial charge in [0, 0.05) is 18.8 Å². The van der Waals surface area contributed by atoms with Gasteiger partial charge in [0.1, 0.15) is 5.82 Å². The maximum absolute atomic E-state index is 13.0. The van der Waals surface area contributed by atoms with Gasteiger partial charge in [0.05, 0.1) is 11.1 Å². The Balaban J connectivity index is 1.97. The highest BCUT2D eigenvalue weighted by Gasteiger charge is 2.21. The summed E-state index contributed by atoms with van der Waals surface area (Å²) < 4.78 is 18.4. The Morgan fingerprint density at radius 2 is 2.24 bits per heavy atom. The van der Waals surface area contributed by atoms with Crippen LogP contribution in [0.4, 0.5) is 10.1 Å². The molecule has 17 heavy (non-hydrogen) atoms. The minimum atomic E-state index is -0.379. The molecule has 0 radical (unpaired) electrons. The van der Waals surface area contributed by atoms with E-state index in [0.29, 0.717) is 12.1 Å². The van der Waals surface area contributed by atoms with Crippen LogP contribution in [0.2, 0.25) is 5.02 Å². The highest BCUT2D eigenvalue weighted by molar-refractivity contribution is 6.31. The summed E-state index contributed by atoms with van der Waals surface area (Å²) in [7, 11) is 1.75. The molecule has 2 nitrogen and oxygen atoms in total. The zero-order chi connectivity index (χ0) is 12.3. The smallest absolute Gasteiger partial charge is 0.141 e. The first kappa shape index (κ1) is 12.7. The van der Waals surface area contributed by atoms with Crippen molar-refractivity contribution in [3.05, 3.63) is 29.0 Å². The third-order valence-electron chi connectivity index (χ3n) is 3.25. The van der Waals surface area contributed by atoms with Gasteiger partial charge in [-0.25, -0.2) is 4.39 Å². The number of halogens is 2. The van der Waals surface area contributed by atoms with Crippen LogP contribution in [0.5, 0.6) is 0 Å². The van der Waals surface area contributed by atoms with Crippen LogP contribution in [0.3, 0.4) is 0 Å². The average Bonchev–Trinajstić information content (AvgIpc) is 2.34. The molecule has 0 amide bonds. The van der Waals surface area contributed by atoms with Gasteiger partial charge < -0.3 is 10.1 Å². The van der Waals surface area contributed by atoms with E-state index in [1.54, 1.807) is 19.2 Å². The lowest BCUT2D eigenvalue weighted by Crippen LogP contribution is -2.30. The average molecular weight is 258 g/mol. The molecular formula is C13H17ClFNO. The number of hydrogen-bond donors (Lipinski definition) is 1. The molecule has 1 N–H and O–H groups in total. The Morgan fingerprint density at radius 1 is 1.41 bits per heavy atom. The van der Waals surface area contributed by atoms with Crippen molar-refractivity contribution in [2.75, 3.05) is 12.4 Å². The number of rotatable bonds is 3. The fourth-order valence-corrected chi connectivity index (χ4v) is 2.49. The molecule has 0 aliphatic heterocycles. The molecule has 1 aromatic rings. The van der Waals surface area contributed by atoms with E-state index in [1.165, 1.54) is 6.07 Å². The summed E-state index contributed by atoms with van der Waals surface area (Å²) in [4.78, 5) is 0. The van der Waals surface area contributed by atoms with E-state index in [0.717, 1.165) is 31.4 Å². The molecule has 0 saturated heterocycles. The molecule has 0 spiro atoms. The van der Waals surface area contributed by atoms with Crippen molar-refractivity contribution >= 4 is 17.3 Å². The summed E-state index contributed by atoms with van der Waals surface area (Å²) >= 11 is 5.75. The molecule has 2 atom stereocenters. The monoisotopic (exact) mass is 257 g/mol. The highest BCUT2D eigenvalue weighted by Crippen LogP contribution is 2.25. The van der Waals surface area contributed by atoms with E-state index in [2.05, 4.69) is 5.32 Å². The molecule has 0 bridgehead atoms. The molecule has 1 saturated carbocycles. The summed E-state index contributed by atoms with van der Waals surface area (Å²) in [6.45, 7) is 0. The number of anilines is 1. The Bertz CT molecular complexity index is 386. The molecule has 4 heteroatoms. The molecular weight excluding hydrogens is 241 g/mol. The number of ether oxygens (including phenoxy) is 1. The third kappa shape index (κ3) is 3.33. The second-order valence-electron chi connectivity index (χ2n) is 4.49. The molecule has 1 aromatic carbocycles. The lowest BCUT2D eigenvalue weighted by molar-refractivity contribution is 0.0669. The molecule has 2 rings (SSSR count). The van der Waals surface area contributed by atoms with Gasteiger partial charge in [0.25, 0.3) is 0 Å². The van der Waals surface area contributed by atoms with E-state index < -0.39 is 0 Å². The van der Waals surface area contributed by atoms with Crippen molar-refractivity contribution in [2.45, 2.75) is 37.8 Å². The van der Waals surface area contributed by atoms with E-state index in [-0.39, 0.29) is 10.8 Å². The lowest BCUT2D eigenvalue weighted by Gasteiger charge is -2.29. The molecule has 1 aliphatic rings. The van der Waals surface area contributed by atoms with Crippen LogP contribution in [0, 0.1) is 5.82 Å². The normalized spacial score (nSPS) is 24.6. The van der Waals surface area contributed by atoms with Crippen LogP contribution in [-0.4, -0.2) is 19.3 Å². The van der Waals surface area contributed by atoms with Crippen LogP contribution in [-0.2, 0) is 4.74 Å². The summed E-state index contributed by atoms with van der Waals surface area (Å²) in [5.41, 5.74) is 0.873. The van der Waals surface area contributed by atoms with Crippen molar-refractivity contribution in [2.24, 2.45) is 0 Å². The fourth-order valence-electron chi connectivity index (χ4n) is 2.31. The largest absolute Gasteiger partial charge is 0.382 e. The summed E-state index contributed by atoms with van der Waals surface area (Å²) in [6, 6.07) is 5.13. The topological polar surface area (TPSA) is 21.3 Å². The first-order chi connectivity index (χ1) is 8.19. The van der Waals surface area contributed by atoms with Crippen molar-refractivity contribution in [3.63, 3.8) is 0 Å². The van der Waals surface area contributed by atoms with Crippen LogP contribution in [0.15, 0.2) is 18.2 Å². The number of nitrogens with one attached hydrogen (secondary N) is 1. The molecule has 94 valence electrons. The van der Waals surface area contributed by atoms with Crippen LogP contribution >= 0.6 is 11.6 Å². The first-order valence-electron chi connectivity index (χ1n) is 5.93. The quantitative estimate of drug-likeness (QED) is 0.888. The van der Waals surface area contributed by atoms with Gasteiger partial charge >= 0.3 is 0 Å². The Morgan fingerprint density at radius 3 is 2.94 bits per heavy atom. The summed E-state index contributed by atoms with van der Waals surface area (Å²) in [5, 5.41) is 3.54. The molecule has 0 aromatic heterocycles. The van der Waals surface area contributed by atoms with Crippen LogP contribution in [0.25, 0.3) is 0 Å². The van der Waals surface area contributed by atoms with E-state index in [9.17, 15) is 4.39 Å². The Hall–Kier alpha value is -0.800. The second-order valence-corrected chi connectivity index (χ2v) is 4.90. The predicted molar refractivity (Wildman–Crippen MR) is 68.1 cm³/mol. The predicted octanol–water partition coefficient (Wildman–Crippen LogP) is 3.85. The Labute approximate surface area is 106 Å². The van der Waals surface area contributed by atoms with Gasteiger partial charge in [-0.3, -0.25) is 0 Å². The van der Waals surface area contributed by atoms with Crippen molar-refractivity contribution in [1.82, 2.24) is 0 Å². The Kier molecular flexibility index (Phi) is 4.24. The lowest BCUT2D eigenvalue weighted by atomic mass is 9.92. The maximum atomic E-state index is 13.0. The highest BCUT2D eigenvalue weighted by atomic mass is 35.5. The fraction of sp³-hybridized carbons (Fsp3) is 0.538. The van der Waals surface area contributed by atoms with E-state index in [4.69, 9.17) is 16.3 Å². The SMILES string of the molecule is COC1CCCC(Nc2ccc(F)c(Cl)c2)C1. The van der Waals surface area contributed by atoms with Crippen molar-refractivity contribution < 1.29 is 9.13 Å². The van der Waals surface area contributed by atoms with Gasteiger partial charge in [0.2, 0.25) is 0 Å². The summed E-state index contributed by atoms with van der Waals surface area (Å²) in [5.74, 6) is -0.379. The molecule has 1 fully saturated rings. The van der Waals surface area contributed by atoms with Crippen LogP contribution in [0.1, 0.15) is 25.7 Å². The second kappa shape index (κ2) is 5.69. The standard InChI is InChI=1S/C13H17ClFNO/c1-17-11-4-2-3-9(7-11)16-10-5-6-13(15)12(14)8-10/h5-6,8-9,11,16H,2-4,7H2,1H3. The van der Waals surface area contributed by atoms with Crippen molar-refractivity contribution in [1.29, 1.82) is 0 Å². The van der Waals surface area contributed by atoms with Gasteiger partial charge in [0.15, 0.2) is 0 Å². The van der Waals surface area contributed by atoms with Gasteiger partial charge in [-0.2, -0.15) is 0 Å². The van der Waals surface area contributed by atoms with Gasteiger partial charge in [-0.1, -0.05) is 11.6 Å². The van der Waals surface area contributed by atoms with Crippen LogP contribution < -0.4 is 5.32 Å². The van der Waals surface area contributed by atoms with E-state index >= 15 is 0 Å². The van der Waals surface area contributed by atoms with E-state index in [1.807, 2.05) is 0 Å². The first-order valence-corrected chi connectivity index (χ1v) is 6.31. The maximum Gasteiger partial charge on any atom is 0.141 e. The molecule has 0 heterocycles.